The second-order valence-corrected chi connectivity index (χ2v) is 12.5. The maximum atomic E-state index is 12.3. The van der Waals surface area contributed by atoms with Crippen LogP contribution in [0.2, 0.25) is 0 Å². The molecule has 1 saturated heterocycles. The van der Waals surface area contributed by atoms with Crippen molar-refractivity contribution in [3.05, 3.63) is 52.9 Å². The Kier molecular flexibility index (Phi) is 7.43. The lowest BCUT2D eigenvalue weighted by Crippen LogP contribution is -2.63. The highest BCUT2D eigenvalue weighted by Crippen LogP contribution is 2.42. The van der Waals surface area contributed by atoms with Gasteiger partial charge in [0, 0.05) is 36.6 Å². The zero-order valence-corrected chi connectivity index (χ0v) is 23.4. The molecule has 0 saturated carbocycles. The van der Waals surface area contributed by atoms with Crippen molar-refractivity contribution in [2.24, 2.45) is 0 Å². The summed E-state index contributed by atoms with van der Waals surface area (Å²) in [7, 11) is 0. The number of benzene rings is 1. The Hall–Kier alpha value is -2.88. The monoisotopic (exact) mass is 524 g/mol. The summed E-state index contributed by atoms with van der Waals surface area (Å²) in [4.78, 5) is 26.9. The van der Waals surface area contributed by atoms with E-state index in [1.54, 1.807) is 12.4 Å². The van der Waals surface area contributed by atoms with Gasteiger partial charge >= 0.3 is 6.09 Å². The normalized spacial score (nSPS) is 22.6. The lowest BCUT2D eigenvalue weighted by atomic mass is 9.95. The number of aromatic nitrogens is 3. The van der Waals surface area contributed by atoms with Crippen LogP contribution < -0.4 is 5.32 Å². The zero-order chi connectivity index (χ0) is 27.0. The molecule has 1 aliphatic rings. The van der Waals surface area contributed by atoms with E-state index >= 15 is 0 Å². The largest absolute Gasteiger partial charge is 0.513 e. The minimum atomic E-state index is -1.14. The molecule has 9 heteroatoms. The van der Waals surface area contributed by atoms with Gasteiger partial charge in [-0.2, -0.15) is 4.79 Å². The zero-order valence-electron chi connectivity index (χ0n) is 22.6. The third-order valence-corrected chi connectivity index (χ3v) is 8.72. The molecule has 0 radical (unpaired) electrons. The van der Waals surface area contributed by atoms with Crippen LogP contribution in [-0.2, 0) is 5.60 Å². The van der Waals surface area contributed by atoms with E-state index in [2.05, 4.69) is 40.2 Å². The van der Waals surface area contributed by atoms with Gasteiger partial charge in [-0.25, -0.2) is 19.4 Å². The average Bonchev–Trinajstić information content (AvgIpc) is 3.23. The maximum absolute atomic E-state index is 12.3. The second-order valence-electron chi connectivity index (χ2n) is 11.5. The molecule has 37 heavy (non-hydrogen) atoms. The number of hydrogen-bond donors (Lipinski definition) is 3. The Bertz CT molecular complexity index is 1280. The summed E-state index contributed by atoms with van der Waals surface area (Å²) in [6.45, 7) is 13.0. The molecule has 0 aliphatic carbocycles. The number of hydrogen-bond acceptors (Lipinski definition) is 7. The second kappa shape index (κ2) is 10.1. The van der Waals surface area contributed by atoms with Gasteiger partial charge < -0.3 is 15.5 Å². The Labute approximate surface area is 223 Å². The van der Waals surface area contributed by atoms with Crippen LogP contribution in [0.1, 0.15) is 76.1 Å². The van der Waals surface area contributed by atoms with Crippen LogP contribution in [0.25, 0.3) is 10.4 Å². The van der Waals surface area contributed by atoms with Gasteiger partial charge in [-0.05, 0) is 69.4 Å². The fourth-order valence-electron chi connectivity index (χ4n) is 5.12. The molecule has 4 rings (SSSR count). The van der Waals surface area contributed by atoms with Gasteiger partial charge in [-0.3, -0.25) is 0 Å². The van der Waals surface area contributed by atoms with Crippen molar-refractivity contribution in [1.82, 2.24) is 15.0 Å². The first-order chi connectivity index (χ1) is 17.3. The Morgan fingerprint density at radius 3 is 2.59 bits per heavy atom. The first-order valence-corrected chi connectivity index (χ1v) is 13.7. The average molecular weight is 525 g/mol. The molecule has 0 bridgehead atoms. The number of carbonyl (C=O) groups is 1. The number of likely N-dealkylation sites (tertiary alicyclic amines) is 1. The Morgan fingerprint density at radius 2 is 1.92 bits per heavy atom. The lowest BCUT2D eigenvalue weighted by molar-refractivity contribution is -0.903. The molecule has 1 aromatic carbocycles. The Balaban J connectivity index is 1.59. The highest BCUT2D eigenvalue weighted by atomic mass is 32.1. The summed E-state index contributed by atoms with van der Waals surface area (Å²) in [6, 6.07) is 8.11. The summed E-state index contributed by atoms with van der Waals surface area (Å²) >= 11 is 1.47. The van der Waals surface area contributed by atoms with E-state index < -0.39 is 17.2 Å². The van der Waals surface area contributed by atoms with E-state index in [9.17, 15) is 15.0 Å². The van der Waals surface area contributed by atoms with Crippen LogP contribution in [-0.4, -0.2) is 54.4 Å². The van der Waals surface area contributed by atoms with Gasteiger partial charge in [0.15, 0.2) is 0 Å². The van der Waals surface area contributed by atoms with E-state index in [0.29, 0.717) is 49.2 Å². The van der Waals surface area contributed by atoms with Crippen LogP contribution in [0.3, 0.4) is 0 Å². The first-order valence-electron chi connectivity index (χ1n) is 12.8. The van der Waals surface area contributed by atoms with E-state index in [0.717, 1.165) is 27.4 Å². The number of nitrogens with one attached hydrogen (secondary N) is 1. The third kappa shape index (κ3) is 5.54. The molecule has 8 nitrogen and oxygen atoms in total. The number of nitrogens with zero attached hydrogens (tertiary/aromatic N) is 4. The van der Waals surface area contributed by atoms with Gasteiger partial charge in [-0.15, -0.1) is 11.3 Å². The van der Waals surface area contributed by atoms with Gasteiger partial charge in [0.25, 0.3) is 0 Å². The molecular weight excluding hydrogens is 486 g/mol. The molecule has 3 N–H and O–H groups in total. The first kappa shape index (κ1) is 27.2. The van der Waals surface area contributed by atoms with Gasteiger partial charge in [0.1, 0.15) is 16.1 Å². The molecule has 0 spiro atoms. The fraction of sp³-hybridized carbons (Fsp3) is 0.500. The van der Waals surface area contributed by atoms with E-state index in [1.165, 1.54) is 11.3 Å². The minimum Gasteiger partial charge on any atom is -0.435 e. The van der Waals surface area contributed by atoms with Gasteiger partial charge in [0.05, 0.1) is 18.0 Å². The van der Waals surface area contributed by atoms with Crippen LogP contribution in [0.5, 0.6) is 0 Å². The molecule has 1 amide bonds. The van der Waals surface area contributed by atoms with Crippen molar-refractivity contribution in [3.63, 3.8) is 0 Å². The van der Waals surface area contributed by atoms with Crippen molar-refractivity contribution in [1.29, 1.82) is 0 Å². The van der Waals surface area contributed by atoms with Crippen molar-refractivity contribution in [2.75, 3.05) is 18.4 Å². The Morgan fingerprint density at radius 1 is 1.16 bits per heavy atom. The quantitative estimate of drug-likeness (QED) is 0.330. The molecule has 2 atom stereocenters. The van der Waals surface area contributed by atoms with Crippen LogP contribution in [0.15, 0.2) is 36.7 Å². The van der Waals surface area contributed by atoms with Gasteiger partial charge in [0.2, 0.25) is 5.95 Å². The topological polar surface area (TPSA) is 108 Å². The maximum Gasteiger partial charge on any atom is 0.513 e. The highest BCUT2D eigenvalue weighted by Gasteiger charge is 2.51. The van der Waals surface area contributed by atoms with Crippen LogP contribution in [0.4, 0.5) is 16.4 Å². The van der Waals surface area contributed by atoms with Crippen molar-refractivity contribution in [2.45, 2.75) is 77.9 Å². The number of anilines is 2. The number of carboxylic acid groups (broad SMARTS) is 1. The number of thiazole rings is 1. The number of amides is 1. The summed E-state index contributed by atoms with van der Waals surface area (Å²) in [5.41, 5.74) is 2.33. The number of aryl methyl sites for hydroxylation is 1. The molecule has 198 valence electrons. The number of aliphatic hydroxyl groups is 1. The summed E-state index contributed by atoms with van der Waals surface area (Å²) in [5.74, 6) is 0.865. The summed E-state index contributed by atoms with van der Waals surface area (Å²) in [5, 5.41) is 25.7. The smallest absolute Gasteiger partial charge is 0.435 e. The fourth-order valence-corrected chi connectivity index (χ4v) is 6.17. The SMILES string of the molecule is Cc1cc(Nc2nccc(C(C)C)n2)cc(-c2cnc([C@]3(O)CCC[N+](C(=O)O)(C(C)(C)C)CC3)s2)c1. The van der Waals surface area contributed by atoms with Crippen LogP contribution in [0, 0.1) is 6.92 Å². The molecule has 3 heterocycles. The molecule has 1 aliphatic heterocycles. The van der Waals surface area contributed by atoms with Crippen molar-refractivity contribution >= 4 is 29.1 Å². The lowest BCUT2D eigenvalue weighted by Gasteiger charge is -2.43. The van der Waals surface area contributed by atoms with Gasteiger partial charge in [-0.1, -0.05) is 19.9 Å². The molecular formula is C28H38N5O3S+. The summed E-state index contributed by atoms with van der Waals surface area (Å²) < 4.78 is -0.0550. The van der Waals surface area contributed by atoms with E-state index in [-0.39, 0.29) is 4.48 Å². The number of rotatable bonds is 5. The minimum absolute atomic E-state index is 0.0550. The highest BCUT2D eigenvalue weighted by molar-refractivity contribution is 7.15. The van der Waals surface area contributed by atoms with E-state index in [4.69, 9.17) is 0 Å². The molecule has 1 fully saturated rings. The predicted octanol–water partition coefficient (Wildman–Crippen LogP) is 6.44. The standard InChI is InChI=1S/C28H37N5O3S/c1-18(2)22-8-11-29-25(32-22)31-21-15-19(3)14-20(16-21)23-17-30-24(37-23)28(36)9-7-12-33(13-10-28,26(34)35)27(4,5)6/h8,11,14-18,36H,7,9-10,12-13H2,1-6H3,(H-,29,31,32,34,35)/p+1/t28-,33?/m0/s1. The summed E-state index contributed by atoms with van der Waals surface area (Å²) in [6.07, 6.45) is 4.20. The predicted molar refractivity (Wildman–Crippen MR) is 147 cm³/mol. The van der Waals surface area contributed by atoms with Crippen molar-refractivity contribution in [3.8, 4) is 10.4 Å². The molecule has 3 aromatic rings. The third-order valence-electron chi connectivity index (χ3n) is 7.48. The molecule has 2 aromatic heterocycles. The van der Waals surface area contributed by atoms with E-state index in [1.807, 2.05) is 45.9 Å². The van der Waals surface area contributed by atoms with Crippen LogP contribution >= 0.6 is 11.3 Å². The van der Waals surface area contributed by atoms with Crippen molar-refractivity contribution < 1.29 is 19.5 Å². The number of quaternary nitrogens is 1. The molecule has 1 unspecified atom stereocenters.